The molecule has 0 bridgehead atoms. The van der Waals surface area contributed by atoms with Crippen molar-refractivity contribution in [1.29, 1.82) is 0 Å². The van der Waals surface area contributed by atoms with Gasteiger partial charge in [0.1, 0.15) is 11.2 Å². The molecule has 1 aliphatic heterocycles. The third-order valence-electron chi connectivity index (χ3n) is 7.55. The van der Waals surface area contributed by atoms with Crippen molar-refractivity contribution < 1.29 is 19.1 Å². The van der Waals surface area contributed by atoms with Gasteiger partial charge in [0.15, 0.2) is 11.4 Å². The van der Waals surface area contributed by atoms with E-state index in [0.717, 1.165) is 23.4 Å². The molecule has 4 amide bonds. The van der Waals surface area contributed by atoms with Crippen molar-refractivity contribution in [2.75, 3.05) is 57.0 Å². The number of nitrogens with one attached hydrogen (secondary N) is 2. The number of rotatable bonds is 8. The number of fused-ring (bicyclic) bond motifs is 1. The second-order valence-corrected chi connectivity index (χ2v) is 12.2. The molecule has 11 nitrogen and oxygen atoms in total. The molecule has 45 heavy (non-hydrogen) atoms. The number of carbonyl (C=O) groups excluding carboxylic acids is 3. The van der Waals surface area contributed by atoms with Gasteiger partial charge in [0.05, 0.1) is 22.9 Å². The van der Waals surface area contributed by atoms with Gasteiger partial charge < -0.3 is 30.1 Å². The molecule has 4 aromatic rings. The number of pyridine rings is 1. The number of piperazine rings is 1. The monoisotopic (exact) mass is 715 g/mol. The number of aryl methyl sites for hydroxylation is 1. The van der Waals surface area contributed by atoms with E-state index in [2.05, 4.69) is 36.4 Å². The molecule has 14 heteroatoms. The topological polar surface area (TPSA) is 112 Å². The van der Waals surface area contributed by atoms with Crippen LogP contribution in [0.3, 0.4) is 0 Å². The van der Waals surface area contributed by atoms with Gasteiger partial charge in [-0.1, -0.05) is 29.3 Å². The summed E-state index contributed by atoms with van der Waals surface area (Å²) in [5.41, 5.74) is 3.27. The quantitative estimate of drug-likeness (QED) is 0.251. The summed E-state index contributed by atoms with van der Waals surface area (Å²) in [5.74, 6) is 0.0377. The Morgan fingerprint density at radius 2 is 1.82 bits per heavy atom. The Labute approximate surface area is 279 Å². The zero-order valence-electron chi connectivity index (χ0n) is 24.9. The van der Waals surface area contributed by atoms with Crippen molar-refractivity contribution >= 4 is 74.0 Å². The lowest BCUT2D eigenvalue weighted by Gasteiger charge is -2.32. The summed E-state index contributed by atoms with van der Waals surface area (Å²) in [5, 5.41) is 5.88. The molecule has 3 heterocycles. The number of amides is 4. The van der Waals surface area contributed by atoms with Gasteiger partial charge in [-0.05, 0) is 72.4 Å². The highest BCUT2D eigenvalue weighted by molar-refractivity contribution is 9.10. The summed E-state index contributed by atoms with van der Waals surface area (Å²) in [6.45, 7) is 4.54. The van der Waals surface area contributed by atoms with Crippen molar-refractivity contribution in [1.82, 2.24) is 24.5 Å². The lowest BCUT2D eigenvalue weighted by Crippen LogP contribution is -2.47. The van der Waals surface area contributed by atoms with Crippen LogP contribution in [0.1, 0.15) is 21.6 Å². The Morgan fingerprint density at radius 3 is 2.58 bits per heavy atom. The molecule has 2 aromatic heterocycles. The van der Waals surface area contributed by atoms with Gasteiger partial charge >= 0.3 is 6.03 Å². The van der Waals surface area contributed by atoms with E-state index < -0.39 is 11.9 Å². The predicted molar refractivity (Wildman–Crippen MR) is 179 cm³/mol. The summed E-state index contributed by atoms with van der Waals surface area (Å²) in [7, 11) is 3.58. The number of hydrogen-bond acceptors (Lipinski definition) is 6. The van der Waals surface area contributed by atoms with Crippen molar-refractivity contribution in [3.05, 3.63) is 86.2 Å². The first-order valence-corrected chi connectivity index (χ1v) is 15.7. The van der Waals surface area contributed by atoms with E-state index in [-0.39, 0.29) is 24.1 Å². The molecule has 2 N–H and O–H groups in total. The smallest absolute Gasteiger partial charge is 0.319 e. The molecular weight excluding hydrogens is 685 g/mol. The third kappa shape index (κ3) is 7.36. The van der Waals surface area contributed by atoms with Crippen LogP contribution in [0.2, 0.25) is 10.0 Å². The summed E-state index contributed by atoms with van der Waals surface area (Å²) < 4.78 is 8.75. The Morgan fingerprint density at radius 1 is 1.07 bits per heavy atom. The number of benzene rings is 2. The lowest BCUT2D eigenvalue weighted by atomic mass is 10.1. The largest absolute Gasteiger partial charge is 0.485 e. The van der Waals surface area contributed by atoms with Gasteiger partial charge in [-0.2, -0.15) is 0 Å². The van der Waals surface area contributed by atoms with Crippen LogP contribution in [0.25, 0.3) is 5.65 Å². The zero-order valence-corrected chi connectivity index (χ0v) is 28.0. The highest BCUT2D eigenvalue weighted by atomic mass is 79.9. The van der Waals surface area contributed by atoms with Crippen LogP contribution in [-0.4, -0.2) is 83.8 Å². The van der Waals surface area contributed by atoms with Crippen LogP contribution in [-0.2, 0) is 11.4 Å². The van der Waals surface area contributed by atoms with Gasteiger partial charge in [0.2, 0.25) is 5.91 Å². The molecule has 0 radical (unpaired) electrons. The Hall–Kier alpha value is -3.84. The molecular formula is C31H32BrCl2N7O4. The van der Waals surface area contributed by atoms with Crippen molar-refractivity contribution in [2.24, 2.45) is 0 Å². The zero-order chi connectivity index (χ0) is 32.2. The molecule has 236 valence electrons. The SMILES string of the molecule is Cc1nc2c(OCc3c(Cl)ccc(N(C)C(=O)CNC(=O)Nc4cccc(C(=O)N5CCN(C)CC5)c4)c3Cl)cccn2c1Br. The molecule has 1 fully saturated rings. The van der Waals surface area contributed by atoms with E-state index in [0.29, 0.717) is 52.0 Å². The summed E-state index contributed by atoms with van der Waals surface area (Å²) in [6.07, 6.45) is 1.87. The normalized spacial score (nSPS) is 13.5. The Balaban J connectivity index is 1.19. The first-order valence-electron chi connectivity index (χ1n) is 14.2. The minimum Gasteiger partial charge on any atom is -0.485 e. The summed E-state index contributed by atoms with van der Waals surface area (Å²) in [4.78, 5) is 48.4. The maximum Gasteiger partial charge on any atom is 0.319 e. The number of ether oxygens (including phenoxy) is 1. The molecule has 0 aliphatic carbocycles. The van der Waals surface area contributed by atoms with E-state index >= 15 is 0 Å². The second kappa shape index (κ2) is 14.1. The molecule has 1 aliphatic rings. The Bertz CT molecular complexity index is 1760. The average molecular weight is 717 g/mol. The minimum absolute atomic E-state index is 0.0355. The van der Waals surface area contributed by atoms with Crippen molar-refractivity contribution in [3.8, 4) is 5.75 Å². The van der Waals surface area contributed by atoms with Gasteiger partial charge in [0.25, 0.3) is 5.91 Å². The van der Waals surface area contributed by atoms with Crippen LogP contribution in [0, 0.1) is 6.92 Å². The standard InChI is InChI=1S/C31H32BrCl2N7O4/c1-19-28(32)41-11-5-8-25(29(41)36-19)45-18-22-23(33)9-10-24(27(22)34)39(3)26(42)17-35-31(44)37-21-7-4-6-20(16-21)30(43)40-14-12-38(2)13-15-40/h4-11,16H,12-15,17-18H2,1-3H3,(H2,35,37,44). The maximum absolute atomic E-state index is 13.0. The number of likely N-dealkylation sites (N-methyl/N-ethyl adjacent to an activating group) is 2. The van der Waals surface area contributed by atoms with Gasteiger partial charge in [0, 0.05) is 61.3 Å². The van der Waals surface area contributed by atoms with Gasteiger partial charge in [-0.3, -0.25) is 14.0 Å². The number of aromatic nitrogens is 2. The maximum atomic E-state index is 13.0. The second-order valence-electron chi connectivity index (χ2n) is 10.6. The lowest BCUT2D eigenvalue weighted by molar-refractivity contribution is -0.117. The molecule has 0 saturated carbocycles. The predicted octanol–water partition coefficient (Wildman–Crippen LogP) is 5.46. The minimum atomic E-state index is -0.590. The number of imidazole rings is 1. The fourth-order valence-corrected chi connectivity index (χ4v) is 5.85. The van der Waals surface area contributed by atoms with Crippen molar-refractivity contribution in [3.63, 3.8) is 0 Å². The van der Waals surface area contributed by atoms with Gasteiger partial charge in [-0.25, -0.2) is 9.78 Å². The van der Waals surface area contributed by atoms with Gasteiger partial charge in [-0.15, -0.1) is 0 Å². The van der Waals surface area contributed by atoms with E-state index in [4.69, 9.17) is 27.9 Å². The average Bonchev–Trinajstić information content (AvgIpc) is 3.33. The number of anilines is 2. The number of hydrogen-bond donors (Lipinski definition) is 2. The van der Waals surface area contributed by atoms with Crippen LogP contribution < -0.4 is 20.3 Å². The van der Waals surface area contributed by atoms with E-state index in [1.807, 2.05) is 30.6 Å². The Kier molecular flexibility index (Phi) is 10.2. The van der Waals surface area contributed by atoms with Crippen LogP contribution in [0.4, 0.5) is 16.2 Å². The van der Waals surface area contributed by atoms with Crippen LogP contribution in [0.5, 0.6) is 5.75 Å². The van der Waals surface area contributed by atoms with E-state index in [1.54, 1.807) is 54.4 Å². The molecule has 0 unspecified atom stereocenters. The molecule has 2 aromatic carbocycles. The molecule has 5 rings (SSSR count). The van der Waals surface area contributed by atoms with Crippen LogP contribution in [0.15, 0.2) is 59.3 Å². The van der Waals surface area contributed by atoms with Crippen LogP contribution >= 0.6 is 39.1 Å². The molecule has 0 atom stereocenters. The molecule has 0 spiro atoms. The fraction of sp³-hybridized carbons (Fsp3) is 0.290. The summed E-state index contributed by atoms with van der Waals surface area (Å²) >= 11 is 16.7. The third-order valence-corrected chi connectivity index (χ3v) is 9.28. The van der Waals surface area contributed by atoms with E-state index in [9.17, 15) is 14.4 Å². The molecule has 1 saturated heterocycles. The number of nitrogens with zero attached hydrogens (tertiary/aromatic N) is 5. The van der Waals surface area contributed by atoms with E-state index in [1.165, 1.54) is 4.90 Å². The first kappa shape index (κ1) is 32.6. The van der Waals surface area contributed by atoms with Crippen molar-refractivity contribution in [2.45, 2.75) is 13.5 Å². The number of halogens is 3. The highest BCUT2D eigenvalue weighted by Crippen LogP contribution is 2.35. The number of carbonyl (C=O) groups is 3. The number of urea groups is 1. The highest BCUT2D eigenvalue weighted by Gasteiger charge is 2.22. The first-order chi connectivity index (χ1) is 21.5. The fourth-order valence-electron chi connectivity index (χ4n) is 4.87. The summed E-state index contributed by atoms with van der Waals surface area (Å²) in [6, 6.07) is 13.0.